The fourth-order valence-electron chi connectivity index (χ4n) is 3.93. The molecule has 0 aliphatic carbocycles. The van der Waals surface area contributed by atoms with Crippen molar-refractivity contribution in [2.45, 2.75) is 12.8 Å². The molecule has 1 N–H and O–H groups in total. The molecular formula is C21H22N3O5+. The Morgan fingerprint density at radius 1 is 1.03 bits per heavy atom. The number of fused-ring (bicyclic) bond motifs is 2. The number of carbonyl (C=O) groups is 1. The molecule has 2 aliphatic heterocycles. The summed E-state index contributed by atoms with van der Waals surface area (Å²) in [5.74, 6) is 0.879. The zero-order chi connectivity index (χ0) is 19.8. The Labute approximate surface area is 166 Å². The lowest BCUT2D eigenvalue weighted by molar-refractivity contribution is -0.926. The summed E-state index contributed by atoms with van der Waals surface area (Å²) in [6.45, 7) is 3.47. The highest BCUT2D eigenvalue weighted by Crippen LogP contribution is 2.31. The predicted octanol–water partition coefficient (Wildman–Crippen LogP) is 0.119. The van der Waals surface area contributed by atoms with Crippen LogP contribution in [0.15, 0.2) is 57.7 Å². The second-order valence-electron chi connectivity index (χ2n) is 7.36. The van der Waals surface area contributed by atoms with Gasteiger partial charge in [-0.15, -0.1) is 0 Å². The van der Waals surface area contributed by atoms with E-state index in [1.54, 1.807) is 10.6 Å². The van der Waals surface area contributed by atoms with Gasteiger partial charge in [-0.1, -0.05) is 24.3 Å². The van der Waals surface area contributed by atoms with Crippen molar-refractivity contribution in [1.82, 2.24) is 9.47 Å². The van der Waals surface area contributed by atoms with Gasteiger partial charge in [-0.3, -0.25) is 4.79 Å². The lowest BCUT2D eigenvalue weighted by atomic mass is 10.2. The van der Waals surface area contributed by atoms with Crippen LogP contribution in [0.2, 0.25) is 0 Å². The number of hydrogen-bond donors (Lipinski definition) is 1. The zero-order valence-corrected chi connectivity index (χ0v) is 15.9. The molecule has 29 heavy (non-hydrogen) atoms. The number of para-hydroxylation sites is 4. The normalized spacial score (nSPS) is 19.4. The molecule has 2 aromatic carbocycles. The van der Waals surface area contributed by atoms with E-state index < -0.39 is 6.10 Å². The van der Waals surface area contributed by atoms with Crippen molar-refractivity contribution in [3.63, 3.8) is 0 Å². The third-order valence-electron chi connectivity index (χ3n) is 5.52. The number of hydrogen-bond acceptors (Lipinski definition) is 5. The molecule has 3 heterocycles. The number of nitrogens with one attached hydrogen (secondary N) is 1. The maximum atomic E-state index is 12.9. The van der Waals surface area contributed by atoms with Crippen molar-refractivity contribution in [2.75, 3.05) is 32.8 Å². The highest BCUT2D eigenvalue weighted by Gasteiger charge is 2.33. The Hall–Kier alpha value is -3.26. The lowest BCUT2D eigenvalue weighted by Gasteiger charge is -2.35. The van der Waals surface area contributed by atoms with Gasteiger partial charge >= 0.3 is 5.76 Å². The van der Waals surface area contributed by atoms with E-state index in [4.69, 9.17) is 13.9 Å². The number of nitrogens with zero attached hydrogens (tertiary/aromatic N) is 2. The van der Waals surface area contributed by atoms with Gasteiger partial charge < -0.3 is 23.7 Å². The molecule has 5 rings (SSSR count). The molecule has 150 valence electrons. The van der Waals surface area contributed by atoms with Crippen LogP contribution in [0.1, 0.15) is 0 Å². The monoisotopic (exact) mass is 396 g/mol. The van der Waals surface area contributed by atoms with Crippen LogP contribution in [0.25, 0.3) is 11.1 Å². The standard InChI is InChI=1S/C21H21N3O5/c25-20(19-13-27-17-7-3-4-8-18(17)28-19)23-11-9-22(10-12-23)14-24-15-5-1-2-6-16(15)29-21(24)26/h1-8,19H,9-14H2/p+1/t19-/m1/s1. The zero-order valence-electron chi connectivity index (χ0n) is 15.9. The summed E-state index contributed by atoms with van der Waals surface area (Å²) in [5.41, 5.74) is 1.40. The first-order chi connectivity index (χ1) is 14.2. The van der Waals surface area contributed by atoms with Gasteiger partial charge in [0.2, 0.25) is 6.10 Å². The van der Waals surface area contributed by atoms with Crippen LogP contribution in [0.5, 0.6) is 11.5 Å². The Balaban J connectivity index is 1.21. The van der Waals surface area contributed by atoms with Crippen molar-refractivity contribution in [2.24, 2.45) is 0 Å². The van der Waals surface area contributed by atoms with E-state index >= 15 is 0 Å². The molecule has 0 spiro atoms. The predicted molar refractivity (Wildman–Crippen MR) is 104 cm³/mol. The van der Waals surface area contributed by atoms with Crippen molar-refractivity contribution in [1.29, 1.82) is 0 Å². The third-order valence-corrected chi connectivity index (χ3v) is 5.52. The van der Waals surface area contributed by atoms with Crippen LogP contribution in [0, 0.1) is 0 Å². The number of benzene rings is 2. The summed E-state index contributed by atoms with van der Waals surface area (Å²) in [6, 6.07) is 14.8. The average Bonchev–Trinajstić information content (AvgIpc) is 3.08. The molecule has 1 atom stereocenters. The molecule has 0 saturated carbocycles. The molecule has 8 heteroatoms. The van der Waals surface area contributed by atoms with E-state index in [1.165, 1.54) is 4.90 Å². The number of carbonyl (C=O) groups excluding carboxylic acids is 1. The first kappa shape index (κ1) is 17.8. The molecule has 0 bridgehead atoms. The van der Waals surface area contributed by atoms with Crippen LogP contribution in [0.4, 0.5) is 0 Å². The summed E-state index contributed by atoms with van der Waals surface area (Å²) >= 11 is 0. The summed E-state index contributed by atoms with van der Waals surface area (Å²) in [7, 11) is 0. The lowest BCUT2D eigenvalue weighted by Crippen LogP contribution is -3.14. The molecule has 0 radical (unpaired) electrons. The SMILES string of the molecule is O=C([C@H]1COc2ccccc2O1)N1CC[NH+](Cn2c(=O)oc3ccccc32)CC1. The molecule has 0 unspecified atom stereocenters. The quantitative estimate of drug-likeness (QED) is 0.681. The number of amides is 1. The van der Waals surface area contributed by atoms with Crippen molar-refractivity contribution in [3.05, 3.63) is 59.1 Å². The van der Waals surface area contributed by atoms with Gasteiger partial charge in [0.25, 0.3) is 5.91 Å². The summed E-state index contributed by atoms with van der Waals surface area (Å²) < 4.78 is 18.5. The fourth-order valence-corrected chi connectivity index (χ4v) is 3.93. The van der Waals surface area contributed by atoms with Crippen LogP contribution in [0.3, 0.4) is 0 Å². The minimum atomic E-state index is -0.619. The van der Waals surface area contributed by atoms with Crippen LogP contribution < -0.4 is 20.1 Å². The van der Waals surface area contributed by atoms with Gasteiger partial charge in [0.1, 0.15) is 6.61 Å². The molecule has 1 amide bonds. The van der Waals surface area contributed by atoms with Gasteiger partial charge in [-0.2, -0.15) is 0 Å². The highest BCUT2D eigenvalue weighted by molar-refractivity contribution is 5.82. The number of quaternary nitrogens is 1. The van der Waals surface area contributed by atoms with Crippen molar-refractivity contribution in [3.8, 4) is 11.5 Å². The summed E-state index contributed by atoms with van der Waals surface area (Å²) in [5, 5.41) is 0. The molecule has 1 saturated heterocycles. The molecule has 3 aromatic rings. The number of rotatable bonds is 3. The van der Waals surface area contributed by atoms with Crippen LogP contribution >= 0.6 is 0 Å². The Morgan fingerprint density at radius 2 is 1.76 bits per heavy atom. The second kappa shape index (κ2) is 7.29. The minimum absolute atomic E-state index is 0.0514. The number of aromatic nitrogens is 1. The number of oxazole rings is 1. The van der Waals surface area contributed by atoms with Gasteiger partial charge in [-0.05, 0) is 24.3 Å². The Morgan fingerprint density at radius 3 is 2.59 bits per heavy atom. The van der Waals surface area contributed by atoms with Crippen molar-refractivity contribution < 1.29 is 23.6 Å². The van der Waals surface area contributed by atoms with Gasteiger partial charge in [0.05, 0.1) is 31.7 Å². The first-order valence-electron chi connectivity index (χ1n) is 9.78. The van der Waals surface area contributed by atoms with Crippen LogP contribution in [-0.4, -0.2) is 54.3 Å². The third kappa shape index (κ3) is 3.36. The van der Waals surface area contributed by atoms with E-state index in [-0.39, 0.29) is 18.3 Å². The molecule has 2 aliphatic rings. The van der Waals surface area contributed by atoms with E-state index in [9.17, 15) is 9.59 Å². The Kier molecular flexibility index (Phi) is 4.48. The minimum Gasteiger partial charge on any atom is -0.485 e. The van der Waals surface area contributed by atoms with E-state index in [2.05, 4.69) is 0 Å². The maximum absolute atomic E-state index is 12.9. The fraction of sp³-hybridized carbons (Fsp3) is 0.333. The molecule has 1 fully saturated rings. The average molecular weight is 396 g/mol. The van der Waals surface area contributed by atoms with E-state index in [0.717, 1.165) is 18.6 Å². The van der Waals surface area contributed by atoms with E-state index in [1.807, 2.05) is 47.4 Å². The topological polar surface area (TPSA) is 78.4 Å². The smallest absolute Gasteiger partial charge is 0.424 e. The summed E-state index contributed by atoms with van der Waals surface area (Å²) in [4.78, 5) is 28.1. The summed E-state index contributed by atoms with van der Waals surface area (Å²) in [6.07, 6.45) is -0.619. The first-order valence-corrected chi connectivity index (χ1v) is 9.78. The number of ether oxygens (including phenoxy) is 2. The van der Waals surface area contributed by atoms with Gasteiger partial charge in [0.15, 0.2) is 23.8 Å². The highest BCUT2D eigenvalue weighted by atomic mass is 16.6. The second-order valence-corrected chi connectivity index (χ2v) is 7.36. The molecule has 8 nitrogen and oxygen atoms in total. The van der Waals surface area contributed by atoms with E-state index in [0.29, 0.717) is 36.8 Å². The largest absolute Gasteiger partial charge is 0.485 e. The molecular weight excluding hydrogens is 374 g/mol. The van der Waals surface area contributed by atoms with Crippen molar-refractivity contribution >= 4 is 17.0 Å². The van der Waals surface area contributed by atoms with Gasteiger partial charge in [0, 0.05) is 0 Å². The van der Waals surface area contributed by atoms with Gasteiger partial charge in [-0.25, -0.2) is 9.36 Å². The van der Waals surface area contributed by atoms with Crippen LogP contribution in [-0.2, 0) is 11.5 Å². The Bertz CT molecular complexity index is 1100. The maximum Gasteiger partial charge on any atom is 0.424 e. The number of piperazine rings is 1. The molecule has 1 aromatic heterocycles.